The summed E-state index contributed by atoms with van der Waals surface area (Å²) in [5, 5.41) is 22.7. The van der Waals surface area contributed by atoms with Crippen molar-refractivity contribution in [2.75, 3.05) is 13.7 Å². The maximum absolute atomic E-state index is 13.6. The lowest BCUT2D eigenvalue weighted by Crippen LogP contribution is -2.59. The van der Waals surface area contributed by atoms with E-state index in [0.29, 0.717) is 12.8 Å². The molecular weight excluding hydrogens is 506 g/mol. The number of hydrogen-bond acceptors (Lipinski definition) is 10. The van der Waals surface area contributed by atoms with E-state index in [9.17, 15) is 19.8 Å². The van der Waals surface area contributed by atoms with Gasteiger partial charge in [0.15, 0.2) is 12.1 Å². The van der Waals surface area contributed by atoms with Crippen LogP contribution in [0.4, 0.5) is 0 Å². The van der Waals surface area contributed by atoms with Gasteiger partial charge in [-0.3, -0.25) is 4.79 Å². The molecule has 0 aromatic carbocycles. The Labute approximate surface area is 228 Å². The van der Waals surface area contributed by atoms with Crippen molar-refractivity contribution in [3.8, 4) is 0 Å². The van der Waals surface area contributed by atoms with E-state index < -0.39 is 65.8 Å². The van der Waals surface area contributed by atoms with Gasteiger partial charge in [0.2, 0.25) is 0 Å². The quantitative estimate of drug-likeness (QED) is 0.389. The van der Waals surface area contributed by atoms with E-state index in [0.717, 1.165) is 12.0 Å². The Morgan fingerprint density at radius 3 is 2.69 bits per heavy atom. The van der Waals surface area contributed by atoms with Crippen molar-refractivity contribution in [2.45, 2.75) is 76.7 Å². The summed E-state index contributed by atoms with van der Waals surface area (Å²) in [4.78, 5) is 30.5. The number of ether oxygens (including phenoxy) is 4. The molecule has 12 atom stereocenters. The number of rotatable bonds is 7. The highest BCUT2D eigenvalue weighted by Gasteiger charge is 2.70. The predicted molar refractivity (Wildman–Crippen MR) is 137 cm³/mol. The minimum absolute atomic E-state index is 0.0250. The van der Waals surface area contributed by atoms with E-state index in [1.54, 1.807) is 0 Å². The fraction of sp³-hybridized carbons (Fsp3) is 0.690. The number of carbonyl (C=O) groups excluding carboxylic acids is 2. The van der Waals surface area contributed by atoms with Gasteiger partial charge in [-0.05, 0) is 25.3 Å². The van der Waals surface area contributed by atoms with Crippen molar-refractivity contribution in [3.63, 3.8) is 0 Å². The highest BCUT2D eigenvalue weighted by Crippen LogP contribution is 2.62. The second-order valence-electron chi connectivity index (χ2n) is 11.3. The molecule has 1 aromatic rings. The second-order valence-corrected chi connectivity index (χ2v) is 11.3. The summed E-state index contributed by atoms with van der Waals surface area (Å²) in [7, 11) is 1.54. The van der Waals surface area contributed by atoms with E-state index in [1.165, 1.54) is 13.4 Å². The highest BCUT2D eigenvalue weighted by molar-refractivity contribution is 5.86. The third-order valence-electron chi connectivity index (χ3n) is 9.33. The van der Waals surface area contributed by atoms with Gasteiger partial charge in [0.1, 0.15) is 30.2 Å². The highest BCUT2D eigenvalue weighted by atomic mass is 16.6. The van der Waals surface area contributed by atoms with Crippen LogP contribution in [0.1, 0.15) is 51.0 Å². The van der Waals surface area contributed by atoms with Crippen LogP contribution in [-0.4, -0.2) is 77.0 Å². The van der Waals surface area contributed by atoms with Gasteiger partial charge in [0.05, 0.1) is 24.7 Å². The molecule has 2 fully saturated rings. The largest absolute Gasteiger partial charge is 0.459 e. The average molecular weight is 546 g/mol. The third kappa shape index (κ3) is 4.36. The van der Waals surface area contributed by atoms with Crippen LogP contribution in [0.3, 0.4) is 0 Å². The molecule has 0 amide bonds. The van der Waals surface area contributed by atoms with Crippen LogP contribution in [0.2, 0.25) is 0 Å². The van der Waals surface area contributed by atoms with E-state index in [4.69, 9.17) is 23.4 Å². The third-order valence-corrected chi connectivity index (χ3v) is 9.33. The van der Waals surface area contributed by atoms with E-state index in [-0.39, 0.29) is 30.1 Å². The van der Waals surface area contributed by atoms with Gasteiger partial charge in [0.25, 0.3) is 0 Å². The van der Waals surface area contributed by atoms with E-state index in [1.807, 2.05) is 45.9 Å². The Bertz CT molecular complexity index is 1120. The molecule has 1 saturated heterocycles. The first-order valence-electron chi connectivity index (χ1n) is 13.9. The van der Waals surface area contributed by atoms with Gasteiger partial charge < -0.3 is 33.6 Å². The molecule has 0 radical (unpaired) electrons. The fourth-order valence-electron chi connectivity index (χ4n) is 7.53. The average Bonchev–Trinajstić information content (AvgIpc) is 3.52. The van der Waals surface area contributed by atoms with Crippen LogP contribution in [-0.2, 0) is 23.7 Å². The molecule has 4 aliphatic rings. The van der Waals surface area contributed by atoms with Gasteiger partial charge >= 0.3 is 11.9 Å². The van der Waals surface area contributed by atoms with Crippen LogP contribution in [0.25, 0.3) is 0 Å². The number of aliphatic hydroxyl groups is 2. The van der Waals surface area contributed by atoms with Crippen LogP contribution in [0, 0.1) is 35.5 Å². The molecule has 1 saturated carbocycles. The number of hydrogen-bond donors (Lipinski definition) is 2. The molecular formula is C29H39NO9. The monoisotopic (exact) mass is 545 g/mol. The van der Waals surface area contributed by atoms with Gasteiger partial charge in [-0.2, -0.15) is 0 Å². The minimum Gasteiger partial charge on any atom is -0.459 e. The fourth-order valence-corrected chi connectivity index (χ4v) is 7.53. The molecule has 10 nitrogen and oxygen atoms in total. The van der Waals surface area contributed by atoms with Gasteiger partial charge in [-0.15, -0.1) is 0 Å². The summed E-state index contributed by atoms with van der Waals surface area (Å²) in [6.07, 6.45) is 5.43. The number of oxazole rings is 1. The molecule has 2 aliphatic carbocycles. The van der Waals surface area contributed by atoms with Crippen molar-refractivity contribution in [3.05, 3.63) is 42.2 Å². The van der Waals surface area contributed by atoms with Crippen molar-refractivity contribution in [1.82, 2.24) is 4.98 Å². The van der Waals surface area contributed by atoms with Crippen molar-refractivity contribution in [1.29, 1.82) is 0 Å². The molecule has 1 aromatic heterocycles. The lowest BCUT2D eigenvalue weighted by Gasteiger charge is -2.49. The van der Waals surface area contributed by atoms with Gasteiger partial charge in [-0.25, -0.2) is 9.78 Å². The van der Waals surface area contributed by atoms with Crippen LogP contribution in [0.15, 0.2) is 40.9 Å². The molecule has 1 spiro atoms. The number of carbonyl (C=O) groups is 2. The Morgan fingerprint density at radius 1 is 1.28 bits per heavy atom. The molecule has 39 heavy (non-hydrogen) atoms. The Hall–Kier alpha value is -2.53. The lowest BCUT2D eigenvalue weighted by molar-refractivity contribution is -0.168. The number of aliphatic hydroxyl groups excluding tert-OH is 2. The number of aromatic nitrogens is 1. The van der Waals surface area contributed by atoms with Crippen molar-refractivity contribution >= 4 is 11.9 Å². The van der Waals surface area contributed by atoms with Crippen molar-refractivity contribution < 1.29 is 43.2 Å². The first kappa shape index (κ1) is 28.0. The van der Waals surface area contributed by atoms with Crippen LogP contribution < -0.4 is 0 Å². The Kier molecular flexibility index (Phi) is 7.76. The van der Waals surface area contributed by atoms with Crippen molar-refractivity contribution in [2.24, 2.45) is 35.5 Å². The van der Waals surface area contributed by atoms with E-state index >= 15 is 0 Å². The number of nitrogens with zero attached hydrogens (tertiary/aromatic N) is 1. The molecule has 214 valence electrons. The number of esters is 2. The van der Waals surface area contributed by atoms with Gasteiger partial charge in [0, 0.05) is 36.7 Å². The summed E-state index contributed by atoms with van der Waals surface area (Å²) >= 11 is 0. The standard InChI is InChI=1S/C29H39NO9/c1-6-16-19-9-8-17-22-23(32)18(11-35-5)25(38-28(34)20-12-36-13-30-20)26(17)39-29(19,22)15(4)10-14(3)24(21(31)7-2)37-27(16)33/h8-10,12-14,16-19,21-26,31-32H,6-7,11H2,1-5H3/b15-10+/t14-,16-,17-,18-,19-,21-,22+,23-,24+,25-,26-,29+/m1/s1. The lowest BCUT2D eigenvalue weighted by atomic mass is 9.56. The number of methoxy groups -OCH3 is 1. The van der Waals surface area contributed by atoms with Gasteiger partial charge in [-0.1, -0.05) is 39.0 Å². The first-order chi connectivity index (χ1) is 18.7. The zero-order valence-electron chi connectivity index (χ0n) is 23.1. The minimum atomic E-state index is -1.04. The van der Waals surface area contributed by atoms with Crippen LogP contribution in [0.5, 0.6) is 0 Å². The Morgan fingerprint density at radius 2 is 2.05 bits per heavy atom. The summed E-state index contributed by atoms with van der Waals surface area (Å²) < 4.78 is 29.3. The first-order valence-corrected chi connectivity index (χ1v) is 13.9. The van der Waals surface area contributed by atoms with Crippen LogP contribution >= 0.6 is 0 Å². The maximum Gasteiger partial charge on any atom is 0.360 e. The molecule has 4 bridgehead atoms. The topological polar surface area (TPSA) is 138 Å². The zero-order chi connectivity index (χ0) is 28.1. The smallest absolute Gasteiger partial charge is 0.360 e. The predicted octanol–water partition coefficient (Wildman–Crippen LogP) is 2.70. The molecule has 0 unspecified atom stereocenters. The molecule has 10 heteroatoms. The second kappa shape index (κ2) is 10.8. The SMILES string of the molecule is CC[C@@H](O)[C@H]1OC(=O)[C@H](CC)[C@H]2C=C[C@H]3[C@H]4O[C@]2(/C(C)=C/[C@H]1C)[C@@H]3[C@H](O)[C@@H](COC)[C@H]4OC(=O)c1cocn1. The summed E-state index contributed by atoms with van der Waals surface area (Å²) in [6.45, 7) is 7.82. The molecule has 2 aliphatic heterocycles. The number of cyclic esters (lactones) is 1. The zero-order valence-corrected chi connectivity index (χ0v) is 23.1. The molecule has 3 heterocycles. The normalized spacial score (nSPS) is 43.3. The maximum atomic E-state index is 13.6. The molecule has 2 N–H and O–H groups in total. The summed E-state index contributed by atoms with van der Waals surface area (Å²) in [6, 6.07) is 0. The summed E-state index contributed by atoms with van der Waals surface area (Å²) in [5.74, 6) is -3.58. The van der Waals surface area contributed by atoms with E-state index in [2.05, 4.69) is 4.98 Å². The summed E-state index contributed by atoms with van der Waals surface area (Å²) in [5.41, 5.74) is -0.146. The molecule has 5 rings (SSSR count). The Balaban J connectivity index is 1.62.